The van der Waals surface area contributed by atoms with E-state index in [1.54, 1.807) is 0 Å². The minimum atomic E-state index is -0.0420. The lowest BCUT2D eigenvalue weighted by molar-refractivity contribution is -0.118. The molecule has 1 aliphatic heterocycles. The minimum absolute atomic E-state index is 0.0420. The van der Waals surface area contributed by atoms with E-state index in [-0.39, 0.29) is 11.9 Å². The van der Waals surface area contributed by atoms with Gasteiger partial charge in [-0.1, -0.05) is 19.1 Å². The summed E-state index contributed by atoms with van der Waals surface area (Å²) >= 11 is 0. The van der Waals surface area contributed by atoms with E-state index in [4.69, 9.17) is 0 Å². The molecule has 3 heteroatoms. The molecule has 2 rings (SSSR count). The number of amides is 1. The van der Waals surface area contributed by atoms with Crippen LogP contribution in [0.2, 0.25) is 0 Å². The van der Waals surface area contributed by atoms with Gasteiger partial charge in [-0.2, -0.15) is 0 Å². The Labute approximate surface area is 109 Å². The maximum absolute atomic E-state index is 12.1. The number of piperidine rings is 1. The van der Waals surface area contributed by atoms with E-state index in [0.717, 1.165) is 31.4 Å². The predicted octanol–water partition coefficient (Wildman–Crippen LogP) is 2.72. The highest BCUT2D eigenvalue weighted by Gasteiger charge is 2.23. The van der Waals surface area contributed by atoms with E-state index < -0.39 is 0 Å². The number of hydrogen-bond donors (Lipinski definition) is 2. The number of carbonyl (C=O) groups is 1. The van der Waals surface area contributed by atoms with Crippen molar-refractivity contribution >= 4 is 11.6 Å². The fourth-order valence-electron chi connectivity index (χ4n) is 2.40. The van der Waals surface area contributed by atoms with E-state index in [9.17, 15) is 4.79 Å². The van der Waals surface area contributed by atoms with Gasteiger partial charge in [0, 0.05) is 11.7 Å². The molecule has 1 aliphatic rings. The van der Waals surface area contributed by atoms with Gasteiger partial charge in [-0.05, 0) is 50.3 Å². The Morgan fingerprint density at radius 1 is 1.33 bits per heavy atom. The summed E-state index contributed by atoms with van der Waals surface area (Å²) in [5.41, 5.74) is 2.18. The Morgan fingerprint density at radius 2 is 2.06 bits per heavy atom. The summed E-state index contributed by atoms with van der Waals surface area (Å²) in [7, 11) is 0. The van der Waals surface area contributed by atoms with Crippen LogP contribution in [0.5, 0.6) is 0 Å². The third-order valence-corrected chi connectivity index (χ3v) is 3.56. The van der Waals surface area contributed by atoms with Crippen molar-refractivity contribution in [3.63, 3.8) is 0 Å². The van der Waals surface area contributed by atoms with Crippen molar-refractivity contribution in [3.8, 4) is 0 Å². The zero-order valence-electron chi connectivity index (χ0n) is 11.2. The molecule has 0 aliphatic carbocycles. The molecule has 0 bridgehead atoms. The van der Waals surface area contributed by atoms with Crippen LogP contribution in [0.4, 0.5) is 5.69 Å². The second-order valence-electron chi connectivity index (χ2n) is 5.09. The highest BCUT2D eigenvalue weighted by Crippen LogP contribution is 2.15. The molecule has 18 heavy (non-hydrogen) atoms. The van der Waals surface area contributed by atoms with Gasteiger partial charge < -0.3 is 10.6 Å². The first kappa shape index (κ1) is 13.1. The summed E-state index contributed by atoms with van der Waals surface area (Å²) in [6, 6.07) is 8.47. The van der Waals surface area contributed by atoms with Gasteiger partial charge in [0.15, 0.2) is 0 Å². The monoisotopic (exact) mass is 246 g/mol. The molecule has 0 radical (unpaired) electrons. The van der Waals surface area contributed by atoms with Gasteiger partial charge in [0.2, 0.25) is 5.91 Å². The smallest absolute Gasteiger partial charge is 0.241 e. The number of nitrogens with one attached hydrogen (secondary N) is 2. The second kappa shape index (κ2) is 6.01. The van der Waals surface area contributed by atoms with E-state index in [1.165, 1.54) is 5.56 Å². The van der Waals surface area contributed by atoms with Crippen LogP contribution in [0.3, 0.4) is 0 Å². The lowest BCUT2D eigenvalue weighted by atomic mass is 9.99. The molecule has 0 aromatic heterocycles. The van der Waals surface area contributed by atoms with Crippen molar-refractivity contribution in [1.82, 2.24) is 5.32 Å². The van der Waals surface area contributed by atoms with Crippen LogP contribution in [0.25, 0.3) is 0 Å². The lowest BCUT2D eigenvalue weighted by Crippen LogP contribution is -2.47. The lowest BCUT2D eigenvalue weighted by Gasteiger charge is -2.27. The molecule has 2 unspecified atom stereocenters. The maximum atomic E-state index is 12.1. The zero-order chi connectivity index (χ0) is 13.0. The van der Waals surface area contributed by atoms with Crippen molar-refractivity contribution in [2.45, 2.75) is 51.6 Å². The molecule has 1 fully saturated rings. The Bertz CT molecular complexity index is 399. The average Bonchev–Trinajstić information content (AvgIpc) is 2.39. The van der Waals surface area contributed by atoms with Crippen molar-refractivity contribution in [3.05, 3.63) is 29.8 Å². The molecule has 1 amide bonds. The summed E-state index contributed by atoms with van der Waals surface area (Å²) in [5, 5.41) is 6.33. The van der Waals surface area contributed by atoms with Crippen LogP contribution in [-0.4, -0.2) is 18.0 Å². The summed E-state index contributed by atoms with van der Waals surface area (Å²) < 4.78 is 0. The average molecular weight is 246 g/mol. The molecule has 2 atom stereocenters. The standard InChI is InChI=1S/C15H22N2O/c1-3-12-7-9-13(10-8-12)17-15(18)14-6-4-5-11(2)16-14/h7-11,14,16H,3-6H2,1-2H3,(H,17,18). The van der Waals surface area contributed by atoms with Crippen molar-refractivity contribution in [2.75, 3.05) is 5.32 Å². The van der Waals surface area contributed by atoms with Crippen LogP contribution < -0.4 is 10.6 Å². The van der Waals surface area contributed by atoms with Gasteiger partial charge in [-0.25, -0.2) is 0 Å². The summed E-state index contributed by atoms with van der Waals surface area (Å²) in [5.74, 6) is 0.0887. The van der Waals surface area contributed by atoms with Crippen molar-refractivity contribution in [1.29, 1.82) is 0 Å². The molecule has 3 nitrogen and oxygen atoms in total. The Balaban J connectivity index is 1.93. The van der Waals surface area contributed by atoms with Gasteiger partial charge >= 0.3 is 0 Å². The van der Waals surface area contributed by atoms with Gasteiger partial charge in [0.25, 0.3) is 0 Å². The highest BCUT2D eigenvalue weighted by molar-refractivity contribution is 5.94. The number of rotatable bonds is 3. The zero-order valence-corrected chi connectivity index (χ0v) is 11.2. The van der Waals surface area contributed by atoms with E-state index in [0.29, 0.717) is 6.04 Å². The fraction of sp³-hybridized carbons (Fsp3) is 0.533. The Hall–Kier alpha value is -1.35. The first-order valence-corrected chi connectivity index (χ1v) is 6.85. The maximum Gasteiger partial charge on any atom is 0.241 e. The molecule has 0 spiro atoms. The fourth-order valence-corrected chi connectivity index (χ4v) is 2.40. The second-order valence-corrected chi connectivity index (χ2v) is 5.09. The summed E-state index contributed by atoms with van der Waals surface area (Å²) in [6.07, 6.45) is 4.25. The van der Waals surface area contributed by atoms with E-state index in [1.807, 2.05) is 12.1 Å². The molecular weight excluding hydrogens is 224 g/mol. The van der Waals surface area contributed by atoms with Gasteiger partial charge in [-0.15, -0.1) is 0 Å². The largest absolute Gasteiger partial charge is 0.325 e. The SMILES string of the molecule is CCc1ccc(NC(=O)C2CCCC(C)N2)cc1. The van der Waals surface area contributed by atoms with Gasteiger partial charge in [-0.3, -0.25) is 4.79 Å². The van der Waals surface area contributed by atoms with Gasteiger partial charge in [0.1, 0.15) is 0 Å². The molecule has 98 valence electrons. The molecule has 2 N–H and O–H groups in total. The quantitative estimate of drug-likeness (QED) is 0.861. The third kappa shape index (κ3) is 3.33. The van der Waals surface area contributed by atoms with Crippen LogP contribution in [0.1, 0.15) is 38.7 Å². The van der Waals surface area contributed by atoms with Crippen LogP contribution in [0.15, 0.2) is 24.3 Å². The number of aryl methyl sites for hydroxylation is 1. The third-order valence-electron chi connectivity index (χ3n) is 3.56. The Kier molecular flexibility index (Phi) is 4.37. The van der Waals surface area contributed by atoms with Crippen molar-refractivity contribution < 1.29 is 4.79 Å². The van der Waals surface area contributed by atoms with Gasteiger partial charge in [0.05, 0.1) is 6.04 Å². The van der Waals surface area contributed by atoms with E-state index >= 15 is 0 Å². The molecule has 1 saturated heterocycles. The number of carbonyl (C=O) groups excluding carboxylic acids is 1. The summed E-state index contributed by atoms with van der Waals surface area (Å²) in [4.78, 5) is 12.1. The molecule has 1 aromatic rings. The molecule has 1 heterocycles. The molecule has 0 saturated carbocycles. The first-order valence-electron chi connectivity index (χ1n) is 6.85. The van der Waals surface area contributed by atoms with Crippen molar-refractivity contribution in [2.24, 2.45) is 0 Å². The summed E-state index contributed by atoms with van der Waals surface area (Å²) in [6.45, 7) is 4.26. The normalized spacial score (nSPS) is 23.7. The highest BCUT2D eigenvalue weighted by atomic mass is 16.2. The van der Waals surface area contributed by atoms with Crippen LogP contribution >= 0.6 is 0 Å². The van der Waals surface area contributed by atoms with E-state index in [2.05, 4.69) is 36.6 Å². The number of benzene rings is 1. The molecule has 1 aromatic carbocycles. The number of anilines is 1. The minimum Gasteiger partial charge on any atom is -0.325 e. The van der Waals surface area contributed by atoms with Crippen LogP contribution in [0, 0.1) is 0 Å². The molecular formula is C15H22N2O. The topological polar surface area (TPSA) is 41.1 Å². The van der Waals surface area contributed by atoms with Crippen LogP contribution in [-0.2, 0) is 11.2 Å². The Morgan fingerprint density at radius 3 is 2.67 bits per heavy atom. The predicted molar refractivity (Wildman–Crippen MR) is 74.7 cm³/mol. The first-order chi connectivity index (χ1) is 8.69. The number of hydrogen-bond acceptors (Lipinski definition) is 2.